The predicted molar refractivity (Wildman–Crippen MR) is 96.4 cm³/mol. The summed E-state index contributed by atoms with van der Waals surface area (Å²) in [6.07, 6.45) is 0.703. The Morgan fingerprint density at radius 2 is 1.77 bits per heavy atom. The van der Waals surface area contributed by atoms with Crippen LogP contribution in [0, 0.1) is 0 Å². The molecule has 3 rings (SSSR count). The van der Waals surface area contributed by atoms with Crippen molar-refractivity contribution in [2.24, 2.45) is 0 Å². The molecule has 0 aliphatic rings. The molecule has 7 heteroatoms. The lowest BCUT2D eigenvalue weighted by Crippen LogP contribution is -2.07. The largest absolute Gasteiger partial charge is 0.508 e. The van der Waals surface area contributed by atoms with E-state index in [9.17, 15) is 15.0 Å². The molecule has 7 nitrogen and oxygen atoms in total. The molecule has 0 saturated carbocycles. The summed E-state index contributed by atoms with van der Waals surface area (Å²) in [5.41, 5.74) is 2.18. The van der Waals surface area contributed by atoms with Crippen LogP contribution >= 0.6 is 0 Å². The molecule has 0 aliphatic carbocycles. The van der Waals surface area contributed by atoms with Crippen molar-refractivity contribution in [2.45, 2.75) is 6.42 Å². The summed E-state index contributed by atoms with van der Waals surface area (Å²) in [6.45, 7) is 0.565. The molecule has 0 bridgehead atoms. The Balaban J connectivity index is 1.74. The number of carboxylic acids is 1. The van der Waals surface area contributed by atoms with Gasteiger partial charge in [0.15, 0.2) is 0 Å². The van der Waals surface area contributed by atoms with E-state index >= 15 is 0 Å². The normalized spacial score (nSPS) is 10.5. The van der Waals surface area contributed by atoms with Crippen molar-refractivity contribution in [1.82, 2.24) is 9.97 Å². The fraction of sp³-hybridized carbons (Fsp3) is 0.105. The summed E-state index contributed by atoms with van der Waals surface area (Å²) in [7, 11) is 0. The number of anilines is 1. The van der Waals surface area contributed by atoms with Crippen molar-refractivity contribution in [2.75, 3.05) is 11.9 Å². The number of hydrogen-bond acceptors (Lipinski definition) is 6. The van der Waals surface area contributed by atoms with Crippen molar-refractivity contribution in [1.29, 1.82) is 0 Å². The minimum atomic E-state index is -1.03. The van der Waals surface area contributed by atoms with Crippen LogP contribution in [0.3, 0.4) is 0 Å². The van der Waals surface area contributed by atoms with E-state index in [1.54, 1.807) is 30.3 Å². The number of nitrogens with zero attached hydrogens (tertiary/aromatic N) is 2. The van der Waals surface area contributed by atoms with Crippen molar-refractivity contribution in [3.05, 3.63) is 65.7 Å². The van der Waals surface area contributed by atoms with E-state index in [4.69, 9.17) is 5.11 Å². The lowest BCUT2D eigenvalue weighted by Gasteiger charge is -2.09. The van der Waals surface area contributed by atoms with Crippen LogP contribution < -0.4 is 5.32 Å². The summed E-state index contributed by atoms with van der Waals surface area (Å²) in [6, 6.07) is 14.5. The van der Waals surface area contributed by atoms with E-state index in [0.717, 1.165) is 5.56 Å². The number of aromatic nitrogens is 2. The minimum Gasteiger partial charge on any atom is -0.508 e. The number of carbonyl (C=O) groups is 1. The van der Waals surface area contributed by atoms with Crippen LogP contribution in [-0.4, -0.2) is 37.8 Å². The van der Waals surface area contributed by atoms with Crippen LogP contribution in [0.1, 0.15) is 15.9 Å². The summed E-state index contributed by atoms with van der Waals surface area (Å²) >= 11 is 0. The fourth-order valence-corrected chi connectivity index (χ4v) is 2.48. The van der Waals surface area contributed by atoms with Gasteiger partial charge in [-0.15, -0.1) is 0 Å². The van der Waals surface area contributed by atoms with Crippen LogP contribution in [0.15, 0.2) is 54.6 Å². The molecule has 1 aromatic heterocycles. The van der Waals surface area contributed by atoms with E-state index in [1.165, 1.54) is 12.1 Å². The topological polar surface area (TPSA) is 116 Å². The van der Waals surface area contributed by atoms with Crippen LogP contribution in [0.4, 0.5) is 5.82 Å². The number of aromatic hydroxyl groups is 2. The number of nitrogens with one attached hydrogen (secondary N) is 1. The molecule has 0 unspecified atom stereocenters. The maximum Gasteiger partial charge on any atom is 0.335 e. The second-order valence-corrected chi connectivity index (χ2v) is 5.67. The average molecular weight is 351 g/mol. The first-order valence-corrected chi connectivity index (χ1v) is 7.95. The third kappa shape index (κ3) is 4.27. The molecule has 0 amide bonds. The van der Waals surface area contributed by atoms with E-state index in [0.29, 0.717) is 30.0 Å². The first kappa shape index (κ1) is 17.2. The number of phenolic OH excluding ortho intramolecular Hbond substituents is 1. The Morgan fingerprint density at radius 3 is 2.50 bits per heavy atom. The van der Waals surface area contributed by atoms with E-state index in [1.807, 2.05) is 12.1 Å². The quantitative estimate of drug-likeness (QED) is 0.539. The molecular weight excluding hydrogens is 334 g/mol. The Kier molecular flexibility index (Phi) is 4.98. The maximum absolute atomic E-state index is 11.1. The first-order chi connectivity index (χ1) is 12.5. The first-order valence-electron chi connectivity index (χ1n) is 7.95. The highest BCUT2D eigenvalue weighted by atomic mass is 16.4. The van der Waals surface area contributed by atoms with Gasteiger partial charge >= 0.3 is 12.0 Å². The highest BCUT2D eigenvalue weighted by molar-refractivity contribution is 5.89. The molecule has 0 radical (unpaired) electrons. The van der Waals surface area contributed by atoms with Gasteiger partial charge in [-0.05, 0) is 36.2 Å². The summed E-state index contributed by atoms with van der Waals surface area (Å²) in [5, 5.41) is 31.3. The molecule has 0 saturated heterocycles. The minimum absolute atomic E-state index is 0.141. The Bertz CT molecular complexity index is 926. The standard InChI is InChI=1S/C19H17N3O4/c23-15-6-4-12(5-7-15)8-9-20-17-11-16(21-19(26)22-17)13-2-1-3-14(10-13)18(24)25/h1-7,10-11,23H,8-9H2,(H,24,25)(H2,20,21,22,26). The van der Waals surface area contributed by atoms with E-state index in [2.05, 4.69) is 15.3 Å². The second kappa shape index (κ2) is 7.52. The molecular formula is C19H17N3O4. The van der Waals surface area contributed by atoms with Crippen LogP contribution in [0.2, 0.25) is 0 Å². The molecule has 3 aromatic rings. The van der Waals surface area contributed by atoms with Crippen molar-refractivity contribution in [3.8, 4) is 23.0 Å². The molecule has 0 atom stereocenters. The van der Waals surface area contributed by atoms with Gasteiger partial charge in [-0.25, -0.2) is 4.79 Å². The van der Waals surface area contributed by atoms with Gasteiger partial charge in [-0.2, -0.15) is 9.97 Å². The van der Waals surface area contributed by atoms with Gasteiger partial charge < -0.3 is 20.6 Å². The lowest BCUT2D eigenvalue weighted by molar-refractivity contribution is 0.0697. The van der Waals surface area contributed by atoms with Gasteiger partial charge in [0.05, 0.1) is 11.3 Å². The number of phenols is 1. The van der Waals surface area contributed by atoms with Crippen molar-refractivity contribution >= 4 is 11.8 Å². The van der Waals surface area contributed by atoms with Crippen molar-refractivity contribution in [3.63, 3.8) is 0 Å². The Hall–Kier alpha value is -3.61. The third-order valence-corrected chi connectivity index (χ3v) is 3.78. The Morgan fingerprint density at radius 1 is 1.00 bits per heavy atom. The molecule has 1 heterocycles. The average Bonchev–Trinajstić information content (AvgIpc) is 2.63. The van der Waals surface area contributed by atoms with Crippen LogP contribution in [-0.2, 0) is 6.42 Å². The third-order valence-electron chi connectivity index (χ3n) is 3.78. The molecule has 132 valence electrons. The molecule has 0 spiro atoms. The van der Waals surface area contributed by atoms with Gasteiger partial charge in [-0.1, -0.05) is 24.3 Å². The number of aromatic carboxylic acids is 1. The number of benzene rings is 2. The summed E-state index contributed by atoms with van der Waals surface area (Å²) < 4.78 is 0. The zero-order valence-electron chi connectivity index (χ0n) is 13.8. The molecule has 2 aromatic carbocycles. The van der Waals surface area contributed by atoms with Crippen LogP contribution in [0.25, 0.3) is 11.3 Å². The lowest BCUT2D eigenvalue weighted by atomic mass is 10.1. The number of carboxylic acid groups (broad SMARTS) is 1. The highest BCUT2D eigenvalue weighted by Gasteiger charge is 2.09. The van der Waals surface area contributed by atoms with Crippen molar-refractivity contribution < 1.29 is 20.1 Å². The monoisotopic (exact) mass is 351 g/mol. The Labute approximate surface area is 149 Å². The molecule has 0 fully saturated rings. The SMILES string of the molecule is O=C(O)c1cccc(-c2cc(NCCc3ccc(O)cc3)nc(O)n2)c1. The fourth-order valence-electron chi connectivity index (χ4n) is 2.48. The molecule has 26 heavy (non-hydrogen) atoms. The van der Waals surface area contributed by atoms with E-state index < -0.39 is 12.0 Å². The van der Waals surface area contributed by atoms with Gasteiger partial charge in [0.2, 0.25) is 0 Å². The second-order valence-electron chi connectivity index (χ2n) is 5.67. The smallest absolute Gasteiger partial charge is 0.335 e. The van der Waals surface area contributed by atoms with Gasteiger partial charge in [0.25, 0.3) is 0 Å². The van der Waals surface area contributed by atoms with Gasteiger partial charge in [0, 0.05) is 18.2 Å². The number of hydrogen-bond donors (Lipinski definition) is 4. The maximum atomic E-state index is 11.1. The zero-order valence-corrected chi connectivity index (χ0v) is 13.8. The highest BCUT2D eigenvalue weighted by Crippen LogP contribution is 2.23. The van der Waals surface area contributed by atoms with Crippen LogP contribution in [0.5, 0.6) is 11.8 Å². The zero-order chi connectivity index (χ0) is 18.5. The van der Waals surface area contributed by atoms with Gasteiger partial charge in [0.1, 0.15) is 11.6 Å². The molecule has 0 aliphatic heterocycles. The predicted octanol–water partition coefficient (Wildman–Crippen LogP) is 2.91. The summed E-state index contributed by atoms with van der Waals surface area (Å²) in [5.74, 6) is -0.375. The van der Waals surface area contributed by atoms with Gasteiger partial charge in [-0.3, -0.25) is 0 Å². The van der Waals surface area contributed by atoms with E-state index in [-0.39, 0.29) is 11.3 Å². The summed E-state index contributed by atoms with van der Waals surface area (Å²) in [4.78, 5) is 19.0. The molecule has 4 N–H and O–H groups in total. The number of rotatable bonds is 6.